The Morgan fingerprint density at radius 3 is 2.87 bits per heavy atom. The molecule has 1 aliphatic heterocycles. The molecule has 0 N–H and O–H groups in total. The molecule has 1 aromatic carbocycles. The zero-order chi connectivity index (χ0) is 20.7. The van der Waals surface area contributed by atoms with Crippen LogP contribution in [0.25, 0.3) is 22.4 Å². The molecule has 0 spiro atoms. The summed E-state index contributed by atoms with van der Waals surface area (Å²) in [5.41, 5.74) is 0.355. The Labute approximate surface area is 169 Å². The number of methoxy groups -OCH3 is 1. The lowest BCUT2D eigenvalue weighted by atomic mass is 9.99. The number of carbonyl (C=O) groups is 1. The smallest absolute Gasteiger partial charge is 0.349 e. The van der Waals surface area contributed by atoms with E-state index in [4.69, 9.17) is 13.7 Å². The maximum Gasteiger partial charge on any atom is 0.349 e. The number of aromatic nitrogens is 3. The third kappa shape index (κ3) is 3.00. The number of hydrogen-bond donors (Lipinski definition) is 0. The third-order valence-electron chi connectivity index (χ3n) is 5.05. The van der Waals surface area contributed by atoms with Gasteiger partial charge in [0.05, 0.1) is 13.0 Å². The molecule has 3 aromatic heterocycles. The van der Waals surface area contributed by atoms with Crippen LogP contribution in [0.4, 0.5) is 0 Å². The number of fused-ring (bicyclic) bond motifs is 1. The summed E-state index contributed by atoms with van der Waals surface area (Å²) in [7, 11) is 1.49. The van der Waals surface area contributed by atoms with Crippen molar-refractivity contribution in [3.05, 3.63) is 70.7 Å². The maximum atomic E-state index is 12.8. The molecule has 0 unspecified atom stereocenters. The van der Waals surface area contributed by atoms with Crippen LogP contribution in [0.3, 0.4) is 0 Å². The SMILES string of the molecule is COc1cccc2cc(C(=O)N3CC(c4nc(-c5cccnc5)no4)C3)c(=O)oc12. The van der Waals surface area contributed by atoms with Gasteiger partial charge in [0, 0.05) is 36.4 Å². The highest BCUT2D eigenvalue weighted by molar-refractivity contribution is 5.97. The van der Waals surface area contributed by atoms with Crippen molar-refractivity contribution in [3.8, 4) is 17.1 Å². The number of hydrogen-bond acceptors (Lipinski definition) is 8. The van der Waals surface area contributed by atoms with E-state index in [1.807, 2.05) is 6.07 Å². The molecule has 0 aliphatic carbocycles. The summed E-state index contributed by atoms with van der Waals surface area (Å²) in [6.45, 7) is 0.756. The van der Waals surface area contributed by atoms with E-state index in [0.29, 0.717) is 41.5 Å². The fraction of sp³-hybridized carbons (Fsp3) is 0.190. The van der Waals surface area contributed by atoms with E-state index in [9.17, 15) is 9.59 Å². The van der Waals surface area contributed by atoms with Crippen LogP contribution in [0.15, 0.2) is 62.5 Å². The normalized spacial score (nSPS) is 14.0. The van der Waals surface area contributed by atoms with Gasteiger partial charge in [0.1, 0.15) is 5.56 Å². The number of benzene rings is 1. The minimum atomic E-state index is -0.697. The van der Waals surface area contributed by atoms with Gasteiger partial charge >= 0.3 is 5.63 Å². The first kappa shape index (κ1) is 18.0. The molecule has 5 rings (SSSR count). The highest BCUT2D eigenvalue weighted by atomic mass is 16.5. The van der Waals surface area contributed by atoms with E-state index < -0.39 is 11.5 Å². The average Bonchev–Trinajstić information content (AvgIpc) is 3.22. The Kier molecular flexibility index (Phi) is 4.27. The quantitative estimate of drug-likeness (QED) is 0.477. The lowest BCUT2D eigenvalue weighted by Gasteiger charge is -2.36. The van der Waals surface area contributed by atoms with Crippen molar-refractivity contribution >= 4 is 16.9 Å². The maximum absolute atomic E-state index is 12.8. The van der Waals surface area contributed by atoms with Crippen molar-refractivity contribution in [2.45, 2.75) is 5.92 Å². The van der Waals surface area contributed by atoms with Crippen LogP contribution < -0.4 is 10.4 Å². The Morgan fingerprint density at radius 1 is 1.23 bits per heavy atom. The van der Waals surface area contributed by atoms with Crippen LogP contribution in [0.5, 0.6) is 5.75 Å². The second-order valence-electron chi connectivity index (χ2n) is 6.93. The van der Waals surface area contributed by atoms with Crippen LogP contribution in [0, 0.1) is 0 Å². The molecule has 150 valence electrons. The van der Waals surface area contributed by atoms with E-state index in [0.717, 1.165) is 5.56 Å². The summed E-state index contributed by atoms with van der Waals surface area (Å²) in [5.74, 6) is 0.866. The summed E-state index contributed by atoms with van der Waals surface area (Å²) < 4.78 is 15.9. The molecule has 1 aliphatic rings. The molecule has 1 saturated heterocycles. The summed E-state index contributed by atoms with van der Waals surface area (Å²) in [6.07, 6.45) is 3.32. The van der Waals surface area contributed by atoms with Gasteiger partial charge < -0.3 is 18.6 Å². The average molecular weight is 404 g/mol. The highest BCUT2D eigenvalue weighted by Gasteiger charge is 2.37. The molecule has 9 heteroatoms. The van der Waals surface area contributed by atoms with Crippen LogP contribution >= 0.6 is 0 Å². The van der Waals surface area contributed by atoms with Gasteiger partial charge in [-0.2, -0.15) is 4.98 Å². The summed E-state index contributed by atoms with van der Waals surface area (Å²) in [5, 5.41) is 4.59. The van der Waals surface area contributed by atoms with Gasteiger partial charge in [0.15, 0.2) is 11.3 Å². The Morgan fingerprint density at radius 2 is 2.10 bits per heavy atom. The molecule has 0 radical (unpaired) electrons. The van der Waals surface area contributed by atoms with Crippen molar-refractivity contribution in [2.24, 2.45) is 0 Å². The van der Waals surface area contributed by atoms with Crippen LogP contribution in [-0.4, -0.2) is 46.1 Å². The zero-order valence-electron chi connectivity index (χ0n) is 15.9. The van der Waals surface area contributed by atoms with Crippen LogP contribution in [-0.2, 0) is 0 Å². The number of para-hydroxylation sites is 1. The van der Waals surface area contributed by atoms with Crippen molar-refractivity contribution in [1.82, 2.24) is 20.0 Å². The summed E-state index contributed by atoms with van der Waals surface area (Å²) in [6, 6.07) is 10.4. The predicted octanol–water partition coefficient (Wildman–Crippen LogP) is 2.49. The number of ether oxygens (including phenoxy) is 1. The minimum absolute atomic E-state index is 0.0178. The van der Waals surface area contributed by atoms with Crippen molar-refractivity contribution in [1.29, 1.82) is 0 Å². The lowest BCUT2D eigenvalue weighted by Crippen LogP contribution is -2.49. The molecule has 0 saturated carbocycles. The Bertz CT molecular complexity index is 1290. The number of rotatable bonds is 4. The largest absolute Gasteiger partial charge is 0.493 e. The monoisotopic (exact) mass is 404 g/mol. The zero-order valence-corrected chi connectivity index (χ0v) is 15.9. The second-order valence-corrected chi connectivity index (χ2v) is 6.93. The van der Waals surface area contributed by atoms with Gasteiger partial charge in [0.25, 0.3) is 5.91 Å². The molecule has 4 aromatic rings. The molecular formula is C21H16N4O5. The summed E-state index contributed by atoms with van der Waals surface area (Å²) in [4.78, 5) is 35.2. The van der Waals surface area contributed by atoms with Gasteiger partial charge in [-0.15, -0.1) is 0 Å². The van der Waals surface area contributed by atoms with Crippen LogP contribution in [0.1, 0.15) is 22.2 Å². The number of carbonyl (C=O) groups excluding carboxylic acids is 1. The van der Waals surface area contributed by atoms with Crippen molar-refractivity contribution < 1.29 is 18.5 Å². The fourth-order valence-corrected chi connectivity index (χ4v) is 3.41. The van der Waals surface area contributed by atoms with E-state index >= 15 is 0 Å². The first-order chi connectivity index (χ1) is 14.6. The first-order valence-electron chi connectivity index (χ1n) is 9.28. The third-order valence-corrected chi connectivity index (χ3v) is 5.05. The highest BCUT2D eigenvalue weighted by Crippen LogP contribution is 2.29. The minimum Gasteiger partial charge on any atom is -0.493 e. The first-order valence-corrected chi connectivity index (χ1v) is 9.28. The summed E-state index contributed by atoms with van der Waals surface area (Å²) >= 11 is 0. The number of pyridine rings is 1. The second kappa shape index (κ2) is 7.11. The van der Waals surface area contributed by atoms with Gasteiger partial charge in [-0.3, -0.25) is 9.78 Å². The molecule has 0 bridgehead atoms. The van der Waals surface area contributed by atoms with Gasteiger partial charge in [0.2, 0.25) is 11.7 Å². The lowest BCUT2D eigenvalue weighted by molar-refractivity contribution is 0.0565. The molecule has 1 amide bonds. The van der Waals surface area contributed by atoms with E-state index in [-0.39, 0.29) is 11.5 Å². The van der Waals surface area contributed by atoms with Crippen molar-refractivity contribution in [2.75, 3.05) is 20.2 Å². The number of likely N-dealkylation sites (tertiary alicyclic amines) is 1. The molecule has 30 heavy (non-hydrogen) atoms. The topological polar surface area (TPSA) is 112 Å². The predicted molar refractivity (Wildman–Crippen MR) is 105 cm³/mol. The number of amides is 1. The number of nitrogens with zero attached hydrogens (tertiary/aromatic N) is 4. The molecule has 4 heterocycles. The van der Waals surface area contributed by atoms with Crippen molar-refractivity contribution in [3.63, 3.8) is 0 Å². The molecule has 1 fully saturated rings. The van der Waals surface area contributed by atoms with Crippen LogP contribution in [0.2, 0.25) is 0 Å². The Hall–Kier alpha value is -4.01. The van der Waals surface area contributed by atoms with E-state index in [1.54, 1.807) is 41.6 Å². The van der Waals surface area contributed by atoms with Gasteiger partial charge in [-0.1, -0.05) is 17.3 Å². The van der Waals surface area contributed by atoms with Gasteiger partial charge in [-0.05, 0) is 24.3 Å². The van der Waals surface area contributed by atoms with E-state index in [2.05, 4.69) is 15.1 Å². The molecule has 9 nitrogen and oxygen atoms in total. The Balaban J connectivity index is 1.33. The van der Waals surface area contributed by atoms with Gasteiger partial charge in [-0.25, -0.2) is 4.79 Å². The fourth-order valence-electron chi connectivity index (χ4n) is 3.41. The molecular weight excluding hydrogens is 388 g/mol. The molecule has 0 atom stereocenters. The standard InChI is InChI=1S/C21H16N4O5/c1-28-16-6-2-4-12-8-15(21(27)29-17(12)16)20(26)25-10-14(11-25)19-23-18(24-30-19)13-5-3-7-22-9-13/h2-9,14H,10-11H2,1H3. The van der Waals surface area contributed by atoms with E-state index in [1.165, 1.54) is 13.2 Å².